The largest absolute Gasteiger partial charge is 2.00 e. The molecule has 4 aliphatic rings. The van der Waals surface area contributed by atoms with E-state index in [-0.39, 0.29) is 51.0 Å². The van der Waals surface area contributed by atoms with Gasteiger partial charge in [-0.1, -0.05) is 52.4 Å². The van der Waals surface area contributed by atoms with E-state index in [2.05, 4.69) is 50.3 Å². The fourth-order valence-electron chi connectivity index (χ4n) is 4.84. The Kier molecular flexibility index (Phi) is 13.1. The van der Waals surface area contributed by atoms with Crippen molar-refractivity contribution in [3.63, 3.8) is 0 Å². The zero-order valence-electron chi connectivity index (χ0n) is 17.1. The summed E-state index contributed by atoms with van der Waals surface area (Å²) in [6.45, 7) is 4.81. The maximum absolute atomic E-state index is 3.47. The van der Waals surface area contributed by atoms with Crippen LogP contribution in [0.1, 0.15) is 90.9 Å². The van der Waals surface area contributed by atoms with Crippen LogP contribution in [0, 0.1) is 23.0 Å². The third-order valence-corrected chi connectivity index (χ3v) is 6.60. The van der Waals surface area contributed by atoms with E-state index in [1.165, 1.54) is 75.4 Å². The molecule has 0 heterocycles. The monoisotopic (exact) mass is 484 g/mol. The smallest absolute Gasteiger partial charge is 0.269 e. The maximum atomic E-state index is 3.47. The van der Waals surface area contributed by atoms with Crippen molar-refractivity contribution in [2.45, 2.75) is 90.9 Å². The van der Waals surface area contributed by atoms with Crippen molar-refractivity contribution in [2.24, 2.45) is 10.8 Å². The Morgan fingerprint density at radius 2 is 0.963 bits per heavy atom. The molecule has 2 fully saturated rings. The molecule has 2 saturated carbocycles. The Morgan fingerprint density at radius 3 is 1.22 bits per heavy atom. The molecular formula is C24H36Cl2Zr. The molecule has 0 saturated heterocycles. The summed E-state index contributed by atoms with van der Waals surface area (Å²) in [5, 5.41) is 0. The Labute approximate surface area is 199 Å². The molecule has 0 unspecified atom stereocenters. The minimum Gasteiger partial charge on any atom is -0.269 e. The minimum atomic E-state index is 0. The standard InChI is InChI=1S/2C12H17.2ClH.Zr/c2*1-12(9-5-2-6-10-12)11-7-3-4-8-11;;;/h2*3,7H,2,4-6,9-10H2,1H3;2*1H;/q2*-1;;;+2. The molecule has 150 valence electrons. The molecule has 0 aromatic heterocycles. The quantitative estimate of drug-likeness (QED) is 0.346. The summed E-state index contributed by atoms with van der Waals surface area (Å²) in [5.41, 5.74) is 3.93. The van der Waals surface area contributed by atoms with E-state index in [0.717, 1.165) is 12.8 Å². The van der Waals surface area contributed by atoms with E-state index >= 15 is 0 Å². The van der Waals surface area contributed by atoms with E-state index in [4.69, 9.17) is 0 Å². The van der Waals surface area contributed by atoms with Crippen LogP contribution in [0.5, 0.6) is 0 Å². The van der Waals surface area contributed by atoms with Crippen molar-refractivity contribution in [3.05, 3.63) is 47.6 Å². The summed E-state index contributed by atoms with van der Waals surface area (Å²) in [5.74, 6) is 0. The second-order valence-electron chi connectivity index (χ2n) is 8.64. The Hall–Kier alpha value is 0.423. The number of hydrogen-bond donors (Lipinski definition) is 0. The van der Waals surface area contributed by atoms with Gasteiger partial charge in [-0.25, -0.2) is 23.3 Å². The molecule has 0 radical (unpaired) electrons. The molecule has 0 spiro atoms. The second-order valence-corrected chi connectivity index (χ2v) is 8.64. The van der Waals surface area contributed by atoms with Crippen LogP contribution < -0.4 is 0 Å². The van der Waals surface area contributed by atoms with Gasteiger partial charge in [-0.15, -0.1) is 37.7 Å². The molecule has 0 bridgehead atoms. The molecule has 4 aliphatic carbocycles. The minimum absolute atomic E-state index is 0. The summed E-state index contributed by atoms with van der Waals surface area (Å²) in [6, 6.07) is 0. The summed E-state index contributed by atoms with van der Waals surface area (Å²) in [7, 11) is 0. The molecule has 27 heavy (non-hydrogen) atoms. The van der Waals surface area contributed by atoms with E-state index in [9.17, 15) is 0 Å². The first-order valence-corrected chi connectivity index (χ1v) is 10.2. The fraction of sp³-hybridized carbons (Fsp3) is 0.667. The SMILES string of the molecule is CC1(C2=[C-]CC=C2)CCCCC1.CC1(C2=[C-]CC=C2)CCCCC1.Cl.Cl.[Zr+2]. The van der Waals surface area contributed by atoms with Gasteiger partial charge >= 0.3 is 26.2 Å². The van der Waals surface area contributed by atoms with Crippen molar-refractivity contribution >= 4 is 24.8 Å². The van der Waals surface area contributed by atoms with Gasteiger partial charge in [-0.3, -0.25) is 12.2 Å². The second kappa shape index (κ2) is 12.9. The van der Waals surface area contributed by atoms with Crippen LogP contribution in [0.3, 0.4) is 0 Å². The van der Waals surface area contributed by atoms with Crippen LogP contribution >= 0.6 is 24.8 Å². The first kappa shape index (κ1) is 27.4. The van der Waals surface area contributed by atoms with Gasteiger partial charge < -0.3 is 0 Å². The van der Waals surface area contributed by atoms with Crippen LogP contribution in [0.25, 0.3) is 0 Å². The van der Waals surface area contributed by atoms with Crippen LogP contribution in [-0.4, -0.2) is 0 Å². The van der Waals surface area contributed by atoms with Crippen LogP contribution in [0.15, 0.2) is 35.5 Å². The number of rotatable bonds is 2. The molecule has 4 rings (SSSR count). The average Bonchev–Trinajstić information content (AvgIpc) is 3.31. The van der Waals surface area contributed by atoms with E-state index in [1.807, 2.05) is 0 Å². The van der Waals surface area contributed by atoms with Gasteiger partial charge in [0.05, 0.1) is 0 Å². The van der Waals surface area contributed by atoms with Crippen molar-refractivity contribution < 1.29 is 26.2 Å². The van der Waals surface area contributed by atoms with Crippen molar-refractivity contribution in [1.82, 2.24) is 0 Å². The maximum Gasteiger partial charge on any atom is 2.00 e. The number of hydrogen-bond acceptors (Lipinski definition) is 0. The number of halogens is 2. The van der Waals surface area contributed by atoms with Crippen molar-refractivity contribution in [1.29, 1.82) is 0 Å². The van der Waals surface area contributed by atoms with Gasteiger partial charge in [0.1, 0.15) is 0 Å². The van der Waals surface area contributed by atoms with Gasteiger partial charge in [0, 0.05) is 0 Å². The van der Waals surface area contributed by atoms with E-state index in [0.29, 0.717) is 10.8 Å². The zero-order valence-corrected chi connectivity index (χ0v) is 21.2. The van der Waals surface area contributed by atoms with E-state index < -0.39 is 0 Å². The third-order valence-electron chi connectivity index (χ3n) is 6.60. The molecule has 3 heteroatoms. The van der Waals surface area contributed by atoms with Gasteiger partial charge in [0.2, 0.25) is 0 Å². The summed E-state index contributed by atoms with van der Waals surface area (Å²) in [6.07, 6.45) is 32.1. The van der Waals surface area contributed by atoms with Crippen molar-refractivity contribution in [3.8, 4) is 0 Å². The van der Waals surface area contributed by atoms with Gasteiger partial charge in [-0.05, 0) is 36.5 Å². The molecule has 0 aliphatic heterocycles. The third kappa shape index (κ3) is 7.31. The van der Waals surface area contributed by atoms with Gasteiger partial charge in [0.25, 0.3) is 0 Å². The molecule has 0 amide bonds. The fourth-order valence-corrected chi connectivity index (χ4v) is 4.84. The predicted octanol–water partition coefficient (Wildman–Crippen LogP) is 8.13. The predicted molar refractivity (Wildman–Crippen MR) is 118 cm³/mol. The molecular weight excluding hydrogens is 450 g/mol. The summed E-state index contributed by atoms with van der Waals surface area (Å²) in [4.78, 5) is 0. The Balaban J connectivity index is 0.000000451. The average molecular weight is 487 g/mol. The topological polar surface area (TPSA) is 0 Å². The summed E-state index contributed by atoms with van der Waals surface area (Å²) >= 11 is 0. The normalized spacial score (nSPS) is 24.2. The van der Waals surface area contributed by atoms with Gasteiger partial charge in [-0.2, -0.15) is 12.2 Å². The zero-order chi connectivity index (χ0) is 16.9. The van der Waals surface area contributed by atoms with Crippen LogP contribution in [0.4, 0.5) is 0 Å². The Morgan fingerprint density at radius 1 is 0.630 bits per heavy atom. The molecule has 0 aromatic rings. The summed E-state index contributed by atoms with van der Waals surface area (Å²) < 4.78 is 0. The number of allylic oxidation sites excluding steroid dienone is 8. The Bertz CT molecular complexity index is 495. The molecule has 0 atom stereocenters. The first-order chi connectivity index (χ1) is 11.6. The molecule has 0 nitrogen and oxygen atoms in total. The molecule has 0 aromatic carbocycles. The first-order valence-electron chi connectivity index (χ1n) is 10.2. The van der Waals surface area contributed by atoms with Crippen LogP contribution in [-0.2, 0) is 26.2 Å². The van der Waals surface area contributed by atoms with E-state index in [1.54, 1.807) is 0 Å². The van der Waals surface area contributed by atoms with Gasteiger partial charge in [0.15, 0.2) is 0 Å². The van der Waals surface area contributed by atoms with Crippen molar-refractivity contribution in [2.75, 3.05) is 0 Å². The van der Waals surface area contributed by atoms with Crippen LogP contribution in [0.2, 0.25) is 0 Å². The molecule has 0 N–H and O–H groups in total.